The highest BCUT2D eigenvalue weighted by Gasteiger charge is 2.31. The van der Waals surface area contributed by atoms with Gasteiger partial charge in [0.05, 0.1) is 13.2 Å². The van der Waals surface area contributed by atoms with Gasteiger partial charge in [-0.2, -0.15) is 0 Å². The number of hydrogen-bond donors (Lipinski definition) is 1. The van der Waals surface area contributed by atoms with Gasteiger partial charge in [0.2, 0.25) is 0 Å². The Bertz CT molecular complexity index is 274. The van der Waals surface area contributed by atoms with Crippen LogP contribution in [0.5, 0.6) is 0 Å². The predicted molar refractivity (Wildman–Crippen MR) is 67.3 cm³/mol. The normalized spacial score (nSPS) is 19.0. The largest absolute Gasteiger partial charge is 0.350 e. The first-order valence-corrected chi connectivity index (χ1v) is 6.30. The van der Waals surface area contributed by atoms with E-state index in [2.05, 4.69) is 11.9 Å². The Morgan fingerprint density at radius 1 is 1.47 bits per heavy atom. The van der Waals surface area contributed by atoms with E-state index in [-0.39, 0.29) is 12.3 Å². The van der Waals surface area contributed by atoms with Gasteiger partial charge >= 0.3 is 0 Å². The van der Waals surface area contributed by atoms with Gasteiger partial charge in [0.1, 0.15) is 0 Å². The molecule has 98 valence electrons. The lowest BCUT2D eigenvalue weighted by atomic mass is 10.1. The molecule has 0 unspecified atom stereocenters. The maximum atomic E-state index is 11.4. The summed E-state index contributed by atoms with van der Waals surface area (Å²) in [5, 5.41) is 2.57. The fraction of sp³-hybridized carbons (Fsp3) is 0.700. The smallest absolute Gasteiger partial charge is 0.272 e. The molecular formula is C10H14Cl3NO3. The van der Waals surface area contributed by atoms with Crippen LogP contribution >= 0.6 is 34.8 Å². The molecule has 1 heterocycles. The van der Waals surface area contributed by atoms with Gasteiger partial charge in [-0.3, -0.25) is 4.79 Å². The van der Waals surface area contributed by atoms with Gasteiger partial charge in [0, 0.05) is 12.5 Å². The Labute approximate surface area is 115 Å². The molecule has 17 heavy (non-hydrogen) atoms. The van der Waals surface area contributed by atoms with Crippen molar-refractivity contribution in [2.45, 2.75) is 29.0 Å². The fourth-order valence-electron chi connectivity index (χ4n) is 1.39. The fourth-order valence-corrected chi connectivity index (χ4v) is 1.55. The molecule has 0 aromatic carbocycles. The van der Waals surface area contributed by atoms with Crippen LogP contribution in [0.15, 0.2) is 12.7 Å². The molecule has 1 saturated heterocycles. The van der Waals surface area contributed by atoms with Gasteiger partial charge in [0.15, 0.2) is 6.29 Å². The van der Waals surface area contributed by atoms with Crippen molar-refractivity contribution < 1.29 is 14.3 Å². The zero-order chi connectivity index (χ0) is 12.9. The molecule has 0 bridgehead atoms. The van der Waals surface area contributed by atoms with Crippen LogP contribution in [0.3, 0.4) is 0 Å². The van der Waals surface area contributed by atoms with E-state index in [1.54, 1.807) is 6.08 Å². The van der Waals surface area contributed by atoms with Crippen LogP contribution in [-0.2, 0) is 14.3 Å². The number of nitrogens with one attached hydrogen (secondary N) is 1. The quantitative estimate of drug-likeness (QED) is 0.625. The van der Waals surface area contributed by atoms with Crippen LogP contribution in [-0.4, -0.2) is 35.2 Å². The maximum Gasteiger partial charge on any atom is 0.272 e. The molecule has 0 radical (unpaired) electrons. The highest BCUT2D eigenvalue weighted by atomic mass is 35.6. The van der Waals surface area contributed by atoms with Crippen LogP contribution < -0.4 is 5.32 Å². The maximum absolute atomic E-state index is 11.4. The minimum Gasteiger partial charge on any atom is -0.350 e. The number of carbonyl (C=O) groups excluding carboxylic acids is 1. The number of carbonyl (C=O) groups is 1. The summed E-state index contributed by atoms with van der Waals surface area (Å²) in [5.74, 6) is -0.666. The molecule has 0 spiro atoms. The lowest BCUT2D eigenvalue weighted by Gasteiger charge is -2.19. The van der Waals surface area contributed by atoms with E-state index in [0.717, 1.165) is 0 Å². The third-order valence-corrected chi connectivity index (χ3v) is 2.78. The third-order valence-electron chi connectivity index (χ3n) is 2.26. The minimum atomic E-state index is -1.96. The Morgan fingerprint density at radius 2 is 2.06 bits per heavy atom. The molecule has 1 aliphatic heterocycles. The summed E-state index contributed by atoms with van der Waals surface area (Å²) in [6, 6.07) is -0.272. The minimum absolute atomic E-state index is 0.220. The van der Waals surface area contributed by atoms with Crippen molar-refractivity contribution in [2.24, 2.45) is 0 Å². The van der Waals surface area contributed by atoms with Crippen molar-refractivity contribution >= 4 is 40.7 Å². The number of alkyl halides is 3. The molecule has 1 rings (SSSR count). The van der Waals surface area contributed by atoms with E-state index in [1.807, 2.05) is 0 Å². The lowest BCUT2D eigenvalue weighted by Crippen LogP contribution is -2.41. The first-order valence-electron chi connectivity index (χ1n) is 5.17. The number of hydrogen-bond acceptors (Lipinski definition) is 3. The SMILES string of the molecule is C=C[C@H](CCC1OCCO1)NC(=O)C(Cl)(Cl)Cl. The molecule has 1 atom stereocenters. The first kappa shape index (κ1) is 15.1. The molecule has 0 aromatic rings. The number of amides is 1. The van der Waals surface area contributed by atoms with E-state index in [9.17, 15) is 4.79 Å². The summed E-state index contributed by atoms with van der Waals surface area (Å²) >= 11 is 16.3. The van der Waals surface area contributed by atoms with Crippen molar-refractivity contribution in [2.75, 3.05) is 13.2 Å². The zero-order valence-electron chi connectivity index (χ0n) is 9.13. The molecule has 0 aromatic heterocycles. The Hall–Kier alpha value is -0.000000000000000111. The standard InChI is InChI=1S/C10H14Cl3NO3/c1-2-7(14-9(15)10(11,12)13)3-4-8-16-5-6-17-8/h2,7-8H,1,3-6H2,(H,14,15)/t7-/m1/s1. The molecule has 1 amide bonds. The molecule has 1 N–H and O–H groups in total. The molecule has 1 aliphatic rings. The highest BCUT2D eigenvalue weighted by molar-refractivity contribution is 6.76. The van der Waals surface area contributed by atoms with Crippen molar-refractivity contribution in [1.82, 2.24) is 5.32 Å². The summed E-state index contributed by atoms with van der Waals surface area (Å²) in [6.07, 6.45) is 2.63. The van der Waals surface area contributed by atoms with Gasteiger partial charge in [-0.25, -0.2) is 0 Å². The Morgan fingerprint density at radius 3 is 2.53 bits per heavy atom. The predicted octanol–water partition coefficient (Wildman–Crippen LogP) is 2.18. The molecule has 7 heteroatoms. The molecule has 1 fully saturated rings. The van der Waals surface area contributed by atoms with E-state index in [4.69, 9.17) is 44.3 Å². The van der Waals surface area contributed by atoms with Gasteiger partial charge in [-0.1, -0.05) is 40.9 Å². The third kappa shape index (κ3) is 5.44. The topological polar surface area (TPSA) is 47.6 Å². The van der Waals surface area contributed by atoms with Crippen LogP contribution in [0.2, 0.25) is 0 Å². The van der Waals surface area contributed by atoms with Gasteiger partial charge in [-0.05, 0) is 6.42 Å². The second-order valence-corrected chi connectivity index (χ2v) is 5.84. The summed E-state index contributed by atoms with van der Waals surface area (Å²) in [6.45, 7) is 4.82. The van der Waals surface area contributed by atoms with Gasteiger partial charge < -0.3 is 14.8 Å². The summed E-state index contributed by atoms with van der Waals surface area (Å²) in [7, 11) is 0. The average Bonchev–Trinajstić information content (AvgIpc) is 2.75. The Balaban J connectivity index is 2.32. The lowest BCUT2D eigenvalue weighted by molar-refractivity contribution is -0.120. The zero-order valence-corrected chi connectivity index (χ0v) is 11.4. The van der Waals surface area contributed by atoms with E-state index in [1.165, 1.54) is 0 Å². The van der Waals surface area contributed by atoms with Crippen molar-refractivity contribution in [1.29, 1.82) is 0 Å². The monoisotopic (exact) mass is 301 g/mol. The number of halogens is 3. The summed E-state index contributed by atoms with van der Waals surface area (Å²) < 4.78 is 8.59. The molecular weight excluding hydrogens is 288 g/mol. The first-order chi connectivity index (χ1) is 7.93. The van der Waals surface area contributed by atoms with E-state index in [0.29, 0.717) is 26.1 Å². The van der Waals surface area contributed by atoms with Crippen molar-refractivity contribution in [3.63, 3.8) is 0 Å². The second kappa shape index (κ2) is 6.81. The van der Waals surface area contributed by atoms with Gasteiger partial charge in [0.25, 0.3) is 9.70 Å². The Kier molecular flexibility index (Phi) is 6.03. The summed E-state index contributed by atoms with van der Waals surface area (Å²) in [5.41, 5.74) is 0. The highest BCUT2D eigenvalue weighted by Crippen LogP contribution is 2.26. The van der Waals surface area contributed by atoms with Gasteiger partial charge in [-0.15, -0.1) is 6.58 Å². The van der Waals surface area contributed by atoms with E-state index < -0.39 is 9.70 Å². The number of rotatable bonds is 5. The summed E-state index contributed by atoms with van der Waals surface area (Å²) in [4.78, 5) is 11.4. The molecule has 4 nitrogen and oxygen atoms in total. The van der Waals surface area contributed by atoms with Crippen molar-refractivity contribution in [3.05, 3.63) is 12.7 Å². The van der Waals surface area contributed by atoms with Crippen molar-refractivity contribution in [3.8, 4) is 0 Å². The van der Waals surface area contributed by atoms with Crippen LogP contribution in [0.25, 0.3) is 0 Å². The molecule has 0 saturated carbocycles. The van der Waals surface area contributed by atoms with Crippen LogP contribution in [0.4, 0.5) is 0 Å². The average molecular weight is 303 g/mol. The second-order valence-electron chi connectivity index (χ2n) is 3.56. The molecule has 0 aliphatic carbocycles. The van der Waals surface area contributed by atoms with Crippen LogP contribution in [0.1, 0.15) is 12.8 Å². The van der Waals surface area contributed by atoms with E-state index >= 15 is 0 Å². The number of ether oxygens (including phenoxy) is 2. The van der Waals surface area contributed by atoms with Crippen LogP contribution in [0, 0.1) is 0 Å².